The van der Waals surface area contributed by atoms with E-state index in [-0.39, 0.29) is 35.3 Å². The average molecular weight is 321 g/mol. The minimum atomic E-state index is -1.08. The summed E-state index contributed by atoms with van der Waals surface area (Å²) in [5, 5.41) is 11.7. The van der Waals surface area contributed by atoms with Crippen LogP contribution in [0.2, 0.25) is 0 Å². The van der Waals surface area contributed by atoms with E-state index in [9.17, 15) is 14.4 Å². The van der Waals surface area contributed by atoms with Crippen LogP contribution in [0.15, 0.2) is 12.1 Å². The number of carbonyl (C=O) groups excluding carboxylic acids is 2. The monoisotopic (exact) mass is 321 g/mol. The van der Waals surface area contributed by atoms with Crippen molar-refractivity contribution in [3.05, 3.63) is 29.1 Å². The Balaban J connectivity index is 2.90. The Labute approximate surface area is 135 Å². The molecule has 2 amide bonds. The van der Waals surface area contributed by atoms with Crippen molar-refractivity contribution in [1.29, 1.82) is 0 Å². The molecule has 0 aliphatic rings. The van der Waals surface area contributed by atoms with Crippen molar-refractivity contribution in [2.45, 2.75) is 33.6 Å². The molecule has 23 heavy (non-hydrogen) atoms. The van der Waals surface area contributed by atoms with Crippen LogP contribution in [0.3, 0.4) is 0 Å². The summed E-state index contributed by atoms with van der Waals surface area (Å²) in [6.07, 6.45) is 1.53. The van der Waals surface area contributed by atoms with Crippen molar-refractivity contribution in [1.82, 2.24) is 15.2 Å². The summed E-state index contributed by atoms with van der Waals surface area (Å²) >= 11 is 0. The summed E-state index contributed by atoms with van der Waals surface area (Å²) in [5.41, 5.74) is 0.476. The van der Waals surface area contributed by atoms with E-state index in [1.54, 1.807) is 6.92 Å². The quantitative estimate of drug-likeness (QED) is 0.755. The summed E-state index contributed by atoms with van der Waals surface area (Å²) in [5.74, 6) is -1.68. The number of amides is 2. The summed E-state index contributed by atoms with van der Waals surface area (Å²) in [6.45, 7) is 6.37. The van der Waals surface area contributed by atoms with E-state index in [1.165, 1.54) is 17.0 Å². The van der Waals surface area contributed by atoms with E-state index in [1.807, 2.05) is 13.8 Å². The lowest BCUT2D eigenvalue weighted by Crippen LogP contribution is -2.41. The highest BCUT2D eigenvalue weighted by atomic mass is 16.4. The van der Waals surface area contributed by atoms with Crippen molar-refractivity contribution < 1.29 is 19.5 Å². The number of carboxylic acids is 1. The molecule has 0 saturated heterocycles. The van der Waals surface area contributed by atoms with Gasteiger partial charge in [0.2, 0.25) is 5.91 Å². The topological polar surface area (TPSA) is 99.6 Å². The van der Waals surface area contributed by atoms with Gasteiger partial charge in [0, 0.05) is 13.1 Å². The van der Waals surface area contributed by atoms with Crippen LogP contribution in [0.4, 0.5) is 0 Å². The van der Waals surface area contributed by atoms with E-state index in [0.29, 0.717) is 19.5 Å². The molecule has 7 heteroatoms. The molecule has 0 spiro atoms. The van der Waals surface area contributed by atoms with Gasteiger partial charge < -0.3 is 15.3 Å². The van der Waals surface area contributed by atoms with Crippen LogP contribution >= 0.6 is 0 Å². The molecule has 0 unspecified atom stereocenters. The third kappa shape index (κ3) is 5.36. The predicted molar refractivity (Wildman–Crippen MR) is 85.4 cm³/mol. The zero-order valence-corrected chi connectivity index (χ0v) is 13.8. The third-order valence-electron chi connectivity index (χ3n) is 3.22. The smallest absolute Gasteiger partial charge is 0.337 e. The summed E-state index contributed by atoms with van der Waals surface area (Å²) < 4.78 is 0. The minimum Gasteiger partial charge on any atom is -0.478 e. The molecule has 0 fully saturated rings. The van der Waals surface area contributed by atoms with Crippen LogP contribution in [0.1, 0.15) is 53.2 Å². The first-order valence-corrected chi connectivity index (χ1v) is 7.67. The molecule has 0 bridgehead atoms. The van der Waals surface area contributed by atoms with Crippen LogP contribution in [0.5, 0.6) is 0 Å². The zero-order valence-electron chi connectivity index (χ0n) is 13.8. The molecular formula is C16H23N3O4. The average Bonchev–Trinajstić information content (AvgIpc) is 2.51. The van der Waals surface area contributed by atoms with Gasteiger partial charge in [-0.25, -0.2) is 9.78 Å². The number of carboxylic acid groups (broad SMARTS) is 1. The minimum absolute atomic E-state index is 0.0336. The lowest BCUT2D eigenvalue weighted by Gasteiger charge is -2.21. The summed E-state index contributed by atoms with van der Waals surface area (Å²) in [7, 11) is 0. The molecule has 2 N–H and O–H groups in total. The molecule has 1 aromatic heterocycles. The number of hydrogen-bond acceptors (Lipinski definition) is 4. The van der Waals surface area contributed by atoms with Gasteiger partial charge in [-0.3, -0.25) is 9.59 Å². The van der Waals surface area contributed by atoms with Crippen molar-refractivity contribution >= 4 is 17.8 Å². The Morgan fingerprint density at radius 3 is 2.43 bits per heavy atom. The molecule has 0 atom stereocenters. The van der Waals surface area contributed by atoms with Gasteiger partial charge >= 0.3 is 5.97 Å². The maximum absolute atomic E-state index is 12.5. The van der Waals surface area contributed by atoms with Gasteiger partial charge in [0.05, 0.1) is 17.8 Å². The van der Waals surface area contributed by atoms with Crippen LogP contribution in [0, 0.1) is 6.92 Å². The van der Waals surface area contributed by atoms with Gasteiger partial charge in [0.25, 0.3) is 5.91 Å². The SMILES string of the molecule is CCCNC(=O)CN(CCC)C(=O)c1ccc(C(=O)O)c(C)n1. The fourth-order valence-corrected chi connectivity index (χ4v) is 2.08. The molecule has 0 aliphatic heterocycles. The Hall–Kier alpha value is -2.44. The zero-order chi connectivity index (χ0) is 17.4. The lowest BCUT2D eigenvalue weighted by atomic mass is 10.1. The second-order valence-electron chi connectivity index (χ2n) is 5.21. The summed E-state index contributed by atoms with van der Waals surface area (Å²) in [6, 6.07) is 2.74. The van der Waals surface area contributed by atoms with Gasteiger partial charge in [0.1, 0.15) is 5.69 Å². The van der Waals surface area contributed by atoms with Crippen LogP contribution in [-0.2, 0) is 4.79 Å². The number of nitrogens with zero attached hydrogens (tertiary/aromatic N) is 2. The van der Waals surface area contributed by atoms with E-state index < -0.39 is 5.97 Å². The molecule has 0 radical (unpaired) electrons. The largest absolute Gasteiger partial charge is 0.478 e. The molecule has 0 aliphatic carbocycles. The second kappa shape index (κ2) is 8.87. The first-order chi connectivity index (χ1) is 10.9. The number of rotatable bonds is 8. The molecule has 0 saturated carbocycles. The molecule has 1 heterocycles. The van der Waals surface area contributed by atoms with Crippen LogP contribution in [0.25, 0.3) is 0 Å². The highest BCUT2D eigenvalue weighted by molar-refractivity contribution is 5.96. The van der Waals surface area contributed by atoms with E-state index >= 15 is 0 Å². The van der Waals surface area contributed by atoms with Gasteiger partial charge in [-0.1, -0.05) is 13.8 Å². The number of nitrogens with one attached hydrogen (secondary N) is 1. The van der Waals surface area contributed by atoms with E-state index in [4.69, 9.17) is 5.11 Å². The van der Waals surface area contributed by atoms with Gasteiger partial charge in [-0.15, -0.1) is 0 Å². The Morgan fingerprint density at radius 1 is 1.22 bits per heavy atom. The van der Waals surface area contributed by atoms with Crippen molar-refractivity contribution in [2.24, 2.45) is 0 Å². The number of aromatic carboxylic acids is 1. The highest BCUT2D eigenvalue weighted by Crippen LogP contribution is 2.09. The molecule has 126 valence electrons. The standard InChI is InChI=1S/C16H23N3O4/c1-4-8-17-14(20)10-19(9-5-2)15(21)13-7-6-12(16(22)23)11(3)18-13/h6-7H,4-5,8-10H2,1-3H3,(H,17,20)(H,22,23). The van der Waals surface area contributed by atoms with Gasteiger partial charge in [-0.2, -0.15) is 0 Å². The number of carbonyl (C=O) groups is 3. The van der Waals surface area contributed by atoms with Crippen LogP contribution < -0.4 is 5.32 Å². The summed E-state index contributed by atoms with van der Waals surface area (Å²) in [4.78, 5) is 40.8. The normalized spacial score (nSPS) is 10.2. The lowest BCUT2D eigenvalue weighted by molar-refractivity contribution is -0.121. The Kier molecular flexibility index (Phi) is 7.18. The highest BCUT2D eigenvalue weighted by Gasteiger charge is 2.20. The number of aryl methyl sites for hydroxylation is 1. The second-order valence-corrected chi connectivity index (χ2v) is 5.21. The molecule has 1 aromatic rings. The number of hydrogen-bond donors (Lipinski definition) is 2. The Bertz CT molecular complexity index is 587. The van der Waals surface area contributed by atoms with E-state index in [0.717, 1.165) is 6.42 Å². The van der Waals surface area contributed by atoms with Gasteiger partial charge in [-0.05, 0) is 31.9 Å². The Morgan fingerprint density at radius 2 is 1.91 bits per heavy atom. The van der Waals surface area contributed by atoms with Crippen molar-refractivity contribution in [3.8, 4) is 0 Å². The maximum Gasteiger partial charge on any atom is 0.337 e. The van der Waals surface area contributed by atoms with Crippen molar-refractivity contribution in [3.63, 3.8) is 0 Å². The maximum atomic E-state index is 12.5. The van der Waals surface area contributed by atoms with Crippen LogP contribution in [-0.4, -0.2) is 52.4 Å². The first-order valence-electron chi connectivity index (χ1n) is 7.67. The fraction of sp³-hybridized carbons (Fsp3) is 0.500. The first kappa shape index (κ1) is 18.6. The molecule has 1 rings (SSSR count). The molecular weight excluding hydrogens is 298 g/mol. The van der Waals surface area contributed by atoms with Crippen molar-refractivity contribution in [2.75, 3.05) is 19.6 Å². The number of aromatic nitrogens is 1. The third-order valence-corrected chi connectivity index (χ3v) is 3.22. The van der Waals surface area contributed by atoms with Gasteiger partial charge in [0.15, 0.2) is 0 Å². The molecule has 0 aromatic carbocycles. The fourth-order valence-electron chi connectivity index (χ4n) is 2.08. The predicted octanol–water partition coefficient (Wildman–Crippen LogP) is 1.47. The number of pyridine rings is 1. The van der Waals surface area contributed by atoms with E-state index in [2.05, 4.69) is 10.3 Å². The molecule has 7 nitrogen and oxygen atoms in total.